The number of carbonyl (C=O) groups excluding carboxylic acids is 1. The molecule has 2 N–H and O–H groups in total. The standard InChI is InChI=1S/C11H16BrNO5S2/c1-7(3-4-14)6-13-20(16,17)9-5-8(11(15)18-2)19-10(9)12/h5,7,13-14H,3-4,6H2,1-2H3. The van der Waals surface area contributed by atoms with E-state index in [2.05, 4.69) is 25.4 Å². The molecule has 0 amide bonds. The van der Waals surface area contributed by atoms with Gasteiger partial charge >= 0.3 is 5.97 Å². The summed E-state index contributed by atoms with van der Waals surface area (Å²) in [5, 5.41) is 8.78. The number of hydrogen-bond donors (Lipinski definition) is 2. The van der Waals surface area contributed by atoms with Crippen LogP contribution in [0.25, 0.3) is 0 Å². The Morgan fingerprint density at radius 3 is 2.80 bits per heavy atom. The topological polar surface area (TPSA) is 92.7 Å². The van der Waals surface area contributed by atoms with Crippen LogP contribution in [0.15, 0.2) is 14.7 Å². The van der Waals surface area contributed by atoms with Crippen LogP contribution in [0, 0.1) is 5.92 Å². The van der Waals surface area contributed by atoms with E-state index in [1.165, 1.54) is 13.2 Å². The molecule has 0 radical (unpaired) electrons. The van der Waals surface area contributed by atoms with Crippen molar-refractivity contribution in [3.8, 4) is 0 Å². The van der Waals surface area contributed by atoms with Gasteiger partial charge in [0.25, 0.3) is 0 Å². The van der Waals surface area contributed by atoms with Gasteiger partial charge in [-0.25, -0.2) is 17.9 Å². The number of aliphatic hydroxyl groups excluding tert-OH is 1. The molecular weight excluding hydrogens is 370 g/mol. The molecule has 0 saturated carbocycles. The van der Waals surface area contributed by atoms with E-state index in [1.807, 2.05) is 6.92 Å². The third-order valence-electron chi connectivity index (χ3n) is 2.58. The van der Waals surface area contributed by atoms with Crippen LogP contribution in [0.3, 0.4) is 0 Å². The van der Waals surface area contributed by atoms with Crippen LogP contribution in [-0.2, 0) is 14.8 Å². The predicted octanol–water partition coefficient (Wildman–Crippen LogP) is 1.59. The highest BCUT2D eigenvalue weighted by molar-refractivity contribution is 9.11. The van der Waals surface area contributed by atoms with Crippen molar-refractivity contribution in [1.29, 1.82) is 0 Å². The molecule has 1 rings (SSSR count). The summed E-state index contributed by atoms with van der Waals surface area (Å²) in [6, 6.07) is 1.28. The highest BCUT2D eigenvalue weighted by atomic mass is 79.9. The van der Waals surface area contributed by atoms with E-state index in [9.17, 15) is 13.2 Å². The number of methoxy groups -OCH3 is 1. The Morgan fingerprint density at radius 2 is 2.25 bits per heavy atom. The molecule has 1 aromatic rings. The summed E-state index contributed by atoms with van der Waals surface area (Å²) < 4.78 is 31.6. The molecule has 1 heterocycles. The largest absolute Gasteiger partial charge is 0.465 e. The summed E-state index contributed by atoms with van der Waals surface area (Å²) in [5.41, 5.74) is 0. The van der Waals surface area contributed by atoms with E-state index in [0.717, 1.165) is 11.3 Å². The lowest BCUT2D eigenvalue weighted by Crippen LogP contribution is -2.28. The zero-order chi connectivity index (χ0) is 15.3. The van der Waals surface area contributed by atoms with Gasteiger partial charge in [0.1, 0.15) is 9.77 Å². The molecule has 0 saturated heterocycles. The second-order valence-electron chi connectivity index (χ2n) is 4.21. The van der Waals surface area contributed by atoms with Crippen molar-refractivity contribution in [3.05, 3.63) is 14.7 Å². The molecule has 9 heteroatoms. The van der Waals surface area contributed by atoms with Gasteiger partial charge in [-0.15, -0.1) is 11.3 Å². The molecule has 20 heavy (non-hydrogen) atoms. The minimum absolute atomic E-state index is 0.0114. The Morgan fingerprint density at radius 1 is 1.60 bits per heavy atom. The Bertz CT molecular complexity index is 569. The van der Waals surface area contributed by atoms with E-state index in [-0.39, 0.29) is 28.8 Å². The lowest BCUT2D eigenvalue weighted by atomic mass is 10.1. The van der Waals surface area contributed by atoms with Crippen molar-refractivity contribution in [1.82, 2.24) is 4.72 Å². The van der Waals surface area contributed by atoms with Gasteiger partial charge in [-0.3, -0.25) is 0 Å². The molecule has 0 fully saturated rings. The first-order chi connectivity index (χ1) is 9.31. The fourth-order valence-corrected chi connectivity index (χ4v) is 5.03. The van der Waals surface area contributed by atoms with Gasteiger partial charge < -0.3 is 9.84 Å². The van der Waals surface area contributed by atoms with Crippen LogP contribution in [0.1, 0.15) is 23.0 Å². The van der Waals surface area contributed by atoms with E-state index >= 15 is 0 Å². The van der Waals surface area contributed by atoms with E-state index in [1.54, 1.807) is 0 Å². The third-order valence-corrected chi connectivity index (χ3v) is 6.23. The number of esters is 1. The number of halogens is 1. The maximum Gasteiger partial charge on any atom is 0.348 e. The first-order valence-corrected chi connectivity index (χ1v) is 8.89. The molecule has 0 aliphatic rings. The number of thiophene rings is 1. The molecule has 0 spiro atoms. The molecule has 0 aliphatic carbocycles. The minimum Gasteiger partial charge on any atom is -0.465 e. The van der Waals surface area contributed by atoms with Crippen molar-refractivity contribution >= 4 is 43.3 Å². The molecule has 1 atom stereocenters. The SMILES string of the molecule is COC(=O)c1cc(S(=O)(=O)NCC(C)CCO)c(Br)s1. The van der Waals surface area contributed by atoms with Crippen molar-refractivity contribution in [2.45, 2.75) is 18.2 Å². The molecule has 1 aromatic heterocycles. The Hall–Kier alpha value is -0.480. The summed E-state index contributed by atoms with van der Waals surface area (Å²) in [5.74, 6) is -0.557. The van der Waals surface area contributed by atoms with Crippen molar-refractivity contribution < 1.29 is 23.1 Å². The molecule has 0 bridgehead atoms. The van der Waals surface area contributed by atoms with Crippen LogP contribution in [0.4, 0.5) is 0 Å². The second kappa shape index (κ2) is 7.51. The average molecular weight is 386 g/mol. The van der Waals surface area contributed by atoms with Crippen LogP contribution >= 0.6 is 27.3 Å². The van der Waals surface area contributed by atoms with Crippen LogP contribution < -0.4 is 4.72 Å². The normalized spacial score (nSPS) is 13.2. The molecule has 0 aliphatic heterocycles. The number of ether oxygens (including phenoxy) is 1. The number of sulfonamides is 1. The number of nitrogens with one attached hydrogen (secondary N) is 1. The lowest BCUT2D eigenvalue weighted by Gasteiger charge is -2.11. The minimum atomic E-state index is -3.70. The lowest BCUT2D eigenvalue weighted by molar-refractivity contribution is 0.0606. The molecule has 0 aromatic carbocycles. The molecule has 6 nitrogen and oxygen atoms in total. The molecular formula is C11H16BrNO5S2. The third kappa shape index (κ3) is 4.52. The van der Waals surface area contributed by atoms with Crippen LogP contribution in [-0.4, -0.2) is 39.8 Å². The van der Waals surface area contributed by atoms with E-state index in [4.69, 9.17) is 5.11 Å². The van der Waals surface area contributed by atoms with Gasteiger partial charge in [-0.1, -0.05) is 6.92 Å². The smallest absolute Gasteiger partial charge is 0.348 e. The van der Waals surface area contributed by atoms with E-state index < -0.39 is 16.0 Å². The van der Waals surface area contributed by atoms with Crippen LogP contribution in [0.5, 0.6) is 0 Å². The highest BCUT2D eigenvalue weighted by Crippen LogP contribution is 2.32. The van der Waals surface area contributed by atoms with Crippen LogP contribution in [0.2, 0.25) is 0 Å². The van der Waals surface area contributed by atoms with Gasteiger partial charge in [0, 0.05) is 13.2 Å². The summed E-state index contributed by atoms with van der Waals surface area (Å²) in [6.45, 7) is 2.07. The fourth-order valence-electron chi connectivity index (χ4n) is 1.39. The number of aliphatic hydroxyl groups is 1. The monoisotopic (exact) mass is 385 g/mol. The maximum absolute atomic E-state index is 12.1. The Labute approximate surface area is 130 Å². The average Bonchev–Trinajstić information content (AvgIpc) is 2.79. The molecule has 1 unspecified atom stereocenters. The maximum atomic E-state index is 12.1. The molecule has 114 valence electrons. The van der Waals surface area contributed by atoms with Crippen molar-refractivity contribution in [2.75, 3.05) is 20.3 Å². The number of hydrogen-bond acceptors (Lipinski definition) is 6. The quantitative estimate of drug-likeness (QED) is 0.695. The highest BCUT2D eigenvalue weighted by Gasteiger charge is 2.23. The summed E-state index contributed by atoms with van der Waals surface area (Å²) in [6.07, 6.45) is 0.515. The summed E-state index contributed by atoms with van der Waals surface area (Å²) >= 11 is 4.14. The first kappa shape index (κ1) is 17.6. The van der Waals surface area contributed by atoms with Crippen molar-refractivity contribution in [3.63, 3.8) is 0 Å². The van der Waals surface area contributed by atoms with Crippen molar-refractivity contribution in [2.24, 2.45) is 5.92 Å². The van der Waals surface area contributed by atoms with Gasteiger partial charge in [-0.05, 0) is 34.3 Å². The fraction of sp³-hybridized carbons (Fsp3) is 0.545. The Kier molecular flexibility index (Phi) is 6.59. The van der Waals surface area contributed by atoms with Gasteiger partial charge in [0.15, 0.2) is 0 Å². The zero-order valence-corrected chi connectivity index (χ0v) is 14.3. The number of rotatable bonds is 7. The summed E-state index contributed by atoms with van der Waals surface area (Å²) in [4.78, 5) is 11.6. The van der Waals surface area contributed by atoms with E-state index in [0.29, 0.717) is 10.2 Å². The second-order valence-corrected chi connectivity index (χ2v) is 8.32. The first-order valence-electron chi connectivity index (χ1n) is 5.80. The predicted molar refractivity (Wildman–Crippen MR) is 79.4 cm³/mol. The zero-order valence-electron chi connectivity index (χ0n) is 11.1. The Balaban J connectivity index is 2.87. The van der Waals surface area contributed by atoms with Gasteiger partial charge in [0.2, 0.25) is 10.0 Å². The van der Waals surface area contributed by atoms with Gasteiger partial charge in [0.05, 0.1) is 10.9 Å². The van der Waals surface area contributed by atoms with Gasteiger partial charge in [-0.2, -0.15) is 0 Å². The number of carbonyl (C=O) groups is 1. The summed E-state index contributed by atoms with van der Waals surface area (Å²) in [7, 11) is -2.47.